The Morgan fingerprint density at radius 2 is 1.88 bits per heavy atom. The summed E-state index contributed by atoms with van der Waals surface area (Å²) in [5, 5.41) is 2.10. The summed E-state index contributed by atoms with van der Waals surface area (Å²) < 4.78 is 7.58. The number of aromatic nitrogens is 2. The molecule has 5 rings (SSSR count). The van der Waals surface area contributed by atoms with Crippen LogP contribution in [0.1, 0.15) is 22.9 Å². The van der Waals surface area contributed by atoms with Crippen molar-refractivity contribution in [1.29, 1.82) is 0 Å². The molecule has 1 aliphatic rings. The van der Waals surface area contributed by atoms with Crippen LogP contribution in [0.2, 0.25) is 0 Å². The second-order valence-corrected chi connectivity index (χ2v) is 7.25. The normalized spacial score (nSPS) is 16.3. The summed E-state index contributed by atoms with van der Waals surface area (Å²) in [5.41, 5.74) is 4.44. The highest BCUT2D eigenvalue weighted by atomic mass is 32.1. The van der Waals surface area contributed by atoms with Gasteiger partial charge >= 0.3 is 0 Å². The monoisotopic (exact) mass is 359 g/mol. The van der Waals surface area contributed by atoms with Crippen molar-refractivity contribution >= 4 is 34.0 Å². The fourth-order valence-electron chi connectivity index (χ4n) is 3.55. The van der Waals surface area contributed by atoms with Crippen molar-refractivity contribution in [3.05, 3.63) is 76.5 Å². The van der Waals surface area contributed by atoms with E-state index < -0.39 is 0 Å². The molecule has 2 aromatic carbocycles. The molecule has 2 aromatic heterocycles. The van der Waals surface area contributed by atoms with E-state index in [0.717, 1.165) is 34.9 Å². The van der Waals surface area contributed by atoms with Gasteiger partial charge in [0.05, 0.1) is 29.9 Å². The van der Waals surface area contributed by atoms with Crippen LogP contribution in [0.4, 0.5) is 5.95 Å². The number of aliphatic imine (C=N–C) groups is 1. The van der Waals surface area contributed by atoms with Crippen LogP contribution < -0.4 is 4.74 Å². The fraction of sp³-hybridized carbons (Fsp3) is 0.143. The molecule has 3 heterocycles. The Bertz CT molecular complexity index is 1090. The molecular weight excluding hydrogens is 342 g/mol. The molecule has 26 heavy (non-hydrogen) atoms. The van der Waals surface area contributed by atoms with E-state index in [0.29, 0.717) is 0 Å². The molecule has 0 radical (unpaired) electrons. The molecule has 0 N–H and O–H groups in total. The molecule has 0 amide bonds. The Labute approximate surface area is 155 Å². The second kappa shape index (κ2) is 6.11. The molecule has 0 fully saturated rings. The molecule has 0 aliphatic carbocycles. The number of hydrogen-bond donors (Lipinski definition) is 0. The minimum Gasteiger partial charge on any atom is -0.497 e. The number of hydrogen-bond acceptors (Lipinski definition) is 4. The standard InChI is InChI=1S/C21H17N3OS/c1-25-15-10-8-14(9-11-15)19-13-17(20-7-4-12-26-20)23-21-22-16-5-2-3-6-18(16)24(19)21/h2-12,19H,13H2,1H3. The number of nitrogens with zero attached hydrogens (tertiary/aromatic N) is 3. The van der Waals surface area contributed by atoms with Crippen LogP contribution in [0.3, 0.4) is 0 Å². The van der Waals surface area contributed by atoms with Crippen molar-refractivity contribution < 1.29 is 4.74 Å². The van der Waals surface area contributed by atoms with Gasteiger partial charge in [0.1, 0.15) is 5.75 Å². The van der Waals surface area contributed by atoms with E-state index in [1.807, 2.05) is 24.3 Å². The predicted molar refractivity (Wildman–Crippen MR) is 106 cm³/mol. The fourth-order valence-corrected chi connectivity index (χ4v) is 4.28. The maximum atomic E-state index is 5.32. The first kappa shape index (κ1) is 15.3. The van der Waals surface area contributed by atoms with E-state index in [2.05, 4.69) is 46.3 Å². The van der Waals surface area contributed by atoms with E-state index in [-0.39, 0.29) is 6.04 Å². The van der Waals surface area contributed by atoms with Crippen molar-refractivity contribution in [2.24, 2.45) is 4.99 Å². The van der Waals surface area contributed by atoms with Crippen molar-refractivity contribution in [2.45, 2.75) is 12.5 Å². The first-order valence-electron chi connectivity index (χ1n) is 8.56. The van der Waals surface area contributed by atoms with E-state index in [4.69, 9.17) is 14.7 Å². The van der Waals surface area contributed by atoms with Gasteiger partial charge in [0, 0.05) is 11.3 Å². The third-order valence-corrected chi connectivity index (χ3v) is 5.74. The minimum absolute atomic E-state index is 0.165. The first-order valence-corrected chi connectivity index (χ1v) is 9.44. The summed E-state index contributed by atoms with van der Waals surface area (Å²) in [6.45, 7) is 0. The maximum absolute atomic E-state index is 5.32. The lowest BCUT2D eigenvalue weighted by Gasteiger charge is -2.25. The van der Waals surface area contributed by atoms with E-state index >= 15 is 0 Å². The molecule has 5 heteroatoms. The third-order valence-electron chi connectivity index (χ3n) is 4.82. The molecule has 128 valence electrons. The molecule has 0 spiro atoms. The zero-order valence-corrected chi connectivity index (χ0v) is 15.1. The zero-order chi connectivity index (χ0) is 17.5. The van der Waals surface area contributed by atoms with Crippen LogP contribution in [0, 0.1) is 0 Å². The van der Waals surface area contributed by atoms with Crippen LogP contribution in [-0.2, 0) is 0 Å². The summed E-state index contributed by atoms with van der Waals surface area (Å²) in [7, 11) is 1.69. The Morgan fingerprint density at radius 1 is 1.04 bits per heavy atom. The van der Waals surface area contributed by atoms with Crippen molar-refractivity contribution in [3.8, 4) is 5.75 Å². The number of rotatable bonds is 3. The number of imidazole rings is 1. The predicted octanol–water partition coefficient (Wildman–Crippen LogP) is 5.22. The smallest absolute Gasteiger partial charge is 0.231 e. The van der Waals surface area contributed by atoms with Gasteiger partial charge in [0.15, 0.2) is 0 Å². The van der Waals surface area contributed by atoms with E-state index in [1.54, 1.807) is 18.4 Å². The number of benzene rings is 2. The lowest BCUT2D eigenvalue weighted by Crippen LogP contribution is -2.19. The SMILES string of the molecule is COc1ccc(C2CC(c3cccs3)=Nc3nc4ccccc4n32)cc1. The van der Waals surface area contributed by atoms with Gasteiger partial charge in [-0.15, -0.1) is 11.3 Å². The molecule has 0 saturated carbocycles. The number of ether oxygens (including phenoxy) is 1. The third kappa shape index (κ3) is 2.44. The molecule has 0 saturated heterocycles. The maximum Gasteiger partial charge on any atom is 0.231 e. The average Bonchev–Trinajstić information content (AvgIpc) is 3.35. The van der Waals surface area contributed by atoms with Gasteiger partial charge in [-0.2, -0.15) is 0 Å². The van der Waals surface area contributed by atoms with E-state index in [9.17, 15) is 0 Å². The lowest BCUT2D eigenvalue weighted by atomic mass is 9.98. The van der Waals surface area contributed by atoms with Crippen LogP contribution >= 0.6 is 11.3 Å². The molecule has 4 aromatic rings. The molecule has 1 aliphatic heterocycles. The van der Waals surface area contributed by atoms with Gasteiger partial charge in [0.25, 0.3) is 0 Å². The van der Waals surface area contributed by atoms with Crippen molar-refractivity contribution in [2.75, 3.05) is 7.11 Å². The van der Waals surface area contributed by atoms with Crippen LogP contribution in [0.25, 0.3) is 11.0 Å². The highest BCUT2D eigenvalue weighted by molar-refractivity contribution is 7.12. The largest absolute Gasteiger partial charge is 0.497 e. The second-order valence-electron chi connectivity index (χ2n) is 6.30. The molecule has 1 unspecified atom stereocenters. The molecule has 1 atom stereocenters. The van der Waals surface area contributed by atoms with Gasteiger partial charge < -0.3 is 9.30 Å². The quantitative estimate of drug-likeness (QED) is 0.503. The van der Waals surface area contributed by atoms with Crippen molar-refractivity contribution in [1.82, 2.24) is 9.55 Å². The Kier molecular flexibility index (Phi) is 3.60. The van der Waals surface area contributed by atoms with Gasteiger partial charge in [-0.05, 0) is 41.3 Å². The zero-order valence-electron chi connectivity index (χ0n) is 14.3. The topological polar surface area (TPSA) is 39.4 Å². The van der Waals surface area contributed by atoms with Gasteiger partial charge in [-0.3, -0.25) is 0 Å². The summed E-state index contributed by atoms with van der Waals surface area (Å²) in [4.78, 5) is 10.9. The van der Waals surface area contributed by atoms with Gasteiger partial charge in [-0.1, -0.05) is 30.3 Å². The Morgan fingerprint density at radius 3 is 2.65 bits per heavy atom. The number of methoxy groups -OCH3 is 1. The van der Waals surface area contributed by atoms with Crippen LogP contribution in [-0.4, -0.2) is 22.4 Å². The van der Waals surface area contributed by atoms with Crippen molar-refractivity contribution in [3.63, 3.8) is 0 Å². The number of fused-ring (bicyclic) bond motifs is 3. The first-order chi connectivity index (χ1) is 12.8. The lowest BCUT2D eigenvalue weighted by molar-refractivity contribution is 0.414. The van der Waals surface area contributed by atoms with Crippen LogP contribution in [0.5, 0.6) is 5.75 Å². The number of para-hydroxylation sites is 2. The highest BCUT2D eigenvalue weighted by Crippen LogP contribution is 2.38. The Hall–Kier alpha value is -2.92. The summed E-state index contributed by atoms with van der Waals surface area (Å²) in [5.74, 6) is 1.65. The van der Waals surface area contributed by atoms with Gasteiger partial charge in [-0.25, -0.2) is 9.98 Å². The minimum atomic E-state index is 0.165. The molecule has 4 nitrogen and oxygen atoms in total. The molecule has 0 bridgehead atoms. The summed E-state index contributed by atoms with van der Waals surface area (Å²) in [6, 6.07) is 20.9. The average molecular weight is 359 g/mol. The Balaban J connectivity index is 1.70. The van der Waals surface area contributed by atoms with Gasteiger partial charge in [0.2, 0.25) is 5.95 Å². The number of thiophene rings is 1. The highest BCUT2D eigenvalue weighted by Gasteiger charge is 2.27. The summed E-state index contributed by atoms with van der Waals surface area (Å²) in [6.07, 6.45) is 0.847. The van der Waals surface area contributed by atoms with E-state index in [1.165, 1.54) is 10.4 Å². The molecular formula is C21H17N3OS. The van der Waals surface area contributed by atoms with Crippen LogP contribution in [0.15, 0.2) is 71.0 Å². The summed E-state index contributed by atoms with van der Waals surface area (Å²) >= 11 is 1.73.